The number of rotatable bonds is 1. The number of fused-ring (bicyclic) bond motifs is 1. The molecule has 7 nitrogen and oxygen atoms in total. The summed E-state index contributed by atoms with van der Waals surface area (Å²) < 4.78 is 0. The van der Waals surface area contributed by atoms with Crippen LogP contribution >= 0.6 is 0 Å². The fraction of sp³-hybridized carbons (Fsp3) is 0. The summed E-state index contributed by atoms with van der Waals surface area (Å²) in [7, 11) is 0. The summed E-state index contributed by atoms with van der Waals surface area (Å²) in [5, 5.41) is 10.3. The van der Waals surface area contributed by atoms with Crippen molar-refractivity contribution in [3.63, 3.8) is 0 Å². The molecule has 0 bridgehead atoms. The highest BCUT2D eigenvalue weighted by Gasteiger charge is 2.00. The van der Waals surface area contributed by atoms with Gasteiger partial charge in [-0.2, -0.15) is 0 Å². The van der Waals surface area contributed by atoms with E-state index in [9.17, 15) is 9.90 Å². The number of carboxylic acid groups (broad SMARTS) is 1. The standard InChI is InChI=1S/C6H4N4O2.H3N/c11-6(12)5-7-1-3-4(10-5)9-2-8-3;/h1-2H,(H,11,12)(H,7,8,9,10);1H3. The van der Waals surface area contributed by atoms with Crippen LogP contribution in [0.5, 0.6) is 0 Å². The molecular formula is C6H7N5O2. The van der Waals surface area contributed by atoms with Gasteiger partial charge in [-0.15, -0.1) is 0 Å². The molecule has 2 aromatic rings. The molecule has 7 heteroatoms. The number of hydrogen-bond donors (Lipinski definition) is 2. The Labute approximate surface area is 72.4 Å². The maximum absolute atomic E-state index is 10.3. The van der Waals surface area contributed by atoms with E-state index in [2.05, 4.69) is 19.9 Å². The molecule has 0 aromatic carbocycles. The van der Waals surface area contributed by atoms with Gasteiger partial charge in [0.2, 0.25) is 0 Å². The molecule has 0 atom stereocenters. The Morgan fingerprint density at radius 3 is 2.92 bits per heavy atom. The highest BCUT2D eigenvalue weighted by molar-refractivity contribution is 5.83. The molecule has 2 rings (SSSR count). The van der Waals surface area contributed by atoms with Crippen LogP contribution in [0.1, 0.15) is 10.6 Å². The number of carbonyl (C=O) groups excluding carboxylic acids is 1. The lowest BCUT2D eigenvalue weighted by molar-refractivity contribution is -0.256. The van der Waals surface area contributed by atoms with Crippen molar-refractivity contribution in [3.8, 4) is 0 Å². The molecule has 0 fully saturated rings. The lowest BCUT2D eigenvalue weighted by Gasteiger charge is -1.97. The number of aromatic amines is 1. The maximum atomic E-state index is 10.3. The Morgan fingerprint density at radius 1 is 1.46 bits per heavy atom. The normalized spacial score (nSPS) is 9.54. The maximum Gasteiger partial charge on any atom is 0.181 e. The molecule has 0 radical (unpaired) electrons. The lowest BCUT2D eigenvalue weighted by Crippen LogP contribution is -2.24. The Morgan fingerprint density at radius 2 is 2.23 bits per heavy atom. The summed E-state index contributed by atoms with van der Waals surface area (Å²) in [6, 6.07) is 0. The van der Waals surface area contributed by atoms with Crippen molar-refractivity contribution in [1.82, 2.24) is 26.1 Å². The van der Waals surface area contributed by atoms with E-state index in [1.54, 1.807) is 0 Å². The van der Waals surface area contributed by atoms with E-state index >= 15 is 0 Å². The fourth-order valence-corrected chi connectivity index (χ4v) is 0.834. The van der Waals surface area contributed by atoms with Crippen LogP contribution < -0.4 is 11.3 Å². The second-order valence-electron chi connectivity index (χ2n) is 2.12. The predicted octanol–water partition coefficient (Wildman–Crippen LogP) is -0.907. The highest BCUT2D eigenvalue weighted by atomic mass is 16.4. The topological polar surface area (TPSA) is 131 Å². The molecule has 5 N–H and O–H groups in total. The van der Waals surface area contributed by atoms with Gasteiger partial charge in [-0.25, -0.2) is 15.0 Å². The van der Waals surface area contributed by atoms with Gasteiger partial charge in [-0.1, -0.05) is 0 Å². The molecule has 0 aliphatic rings. The number of nitrogens with one attached hydrogen (secondary N) is 1. The minimum absolute atomic E-state index is 0. The summed E-state index contributed by atoms with van der Waals surface area (Å²) >= 11 is 0. The second-order valence-corrected chi connectivity index (χ2v) is 2.12. The van der Waals surface area contributed by atoms with Crippen molar-refractivity contribution in [2.75, 3.05) is 0 Å². The number of aromatic nitrogens is 4. The first-order valence-corrected chi connectivity index (χ1v) is 3.15. The minimum Gasteiger partial charge on any atom is -0.542 e. The summed E-state index contributed by atoms with van der Waals surface area (Å²) in [6.45, 7) is 0. The van der Waals surface area contributed by atoms with Crippen LogP contribution in [0.3, 0.4) is 0 Å². The third-order valence-corrected chi connectivity index (χ3v) is 1.36. The van der Waals surface area contributed by atoms with Crippen LogP contribution in [0.2, 0.25) is 0 Å². The van der Waals surface area contributed by atoms with Gasteiger partial charge < -0.3 is 21.0 Å². The van der Waals surface area contributed by atoms with Gasteiger partial charge in [0.1, 0.15) is 11.5 Å². The van der Waals surface area contributed by atoms with Crippen molar-refractivity contribution in [2.24, 2.45) is 0 Å². The first-order chi connectivity index (χ1) is 5.77. The van der Waals surface area contributed by atoms with E-state index in [1.165, 1.54) is 12.5 Å². The van der Waals surface area contributed by atoms with Gasteiger partial charge in [0, 0.05) is 0 Å². The first-order valence-electron chi connectivity index (χ1n) is 3.15. The van der Waals surface area contributed by atoms with Crippen LogP contribution in [-0.4, -0.2) is 25.9 Å². The molecule has 0 saturated carbocycles. The van der Waals surface area contributed by atoms with Crippen molar-refractivity contribution < 1.29 is 9.90 Å². The molecule has 68 valence electrons. The third-order valence-electron chi connectivity index (χ3n) is 1.36. The van der Waals surface area contributed by atoms with Crippen LogP contribution in [0.4, 0.5) is 0 Å². The summed E-state index contributed by atoms with van der Waals surface area (Å²) in [6.07, 6.45) is 2.76. The number of nitrogens with zero attached hydrogens (tertiary/aromatic N) is 3. The van der Waals surface area contributed by atoms with Crippen molar-refractivity contribution >= 4 is 17.1 Å². The SMILES string of the molecule is O=C([O-])c1ncc2[nH]cnc2n1.[NH4+]. The lowest BCUT2D eigenvalue weighted by atomic mass is 10.5. The monoisotopic (exact) mass is 181 g/mol. The van der Waals surface area contributed by atoms with Crippen LogP contribution in [0.25, 0.3) is 11.2 Å². The van der Waals surface area contributed by atoms with Crippen LogP contribution in [0.15, 0.2) is 12.5 Å². The minimum atomic E-state index is -1.40. The quantitative estimate of drug-likeness (QED) is 0.587. The molecule has 0 unspecified atom stereocenters. The predicted molar refractivity (Wildman–Crippen MR) is 42.0 cm³/mol. The van der Waals surface area contributed by atoms with Gasteiger partial charge in [0.25, 0.3) is 0 Å². The first kappa shape index (κ1) is 9.07. The molecule has 2 aromatic heterocycles. The van der Waals surface area contributed by atoms with Gasteiger partial charge in [-0.05, 0) is 0 Å². The average Bonchev–Trinajstić information content (AvgIpc) is 2.49. The average molecular weight is 181 g/mol. The zero-order valence-electron chi connectivity index (χ0n) is 6.81. The van der Waals surface area contributed by atoms with Gasteiger partial charge >= 0.3 is 0 Å². The molecule has 0 aliphatic carbocycles. The summed E-state index contributed by atoms with van der Waals surface area (Å²) in [5.41, 5.74) is 0.921. The molecule has 2 heterocycles. The largest absolute Gasteiger partial charge is 0.542 e. The van der Waals surface area contributed by atoms with Gasteiger partial charge in [-0.3, -0.25) is 0 Å². The zero-order chi connectivity index (χ0) is 8.55. The molecular weight excluding hydrogens is 174 g/mol. The molecule has 0 saturated heterocycles. The number of aromatic carboxylic acids is 1. The Balaban J connectivity index is 0.000000845. The van der Waals surface area contributed by atoms with Gasteiger partial charge in [0.05, 0.1) is 12.5 Å². The summed E-state index contributed by atoms with van der Waals surface area (Å²) in [4.78, 5) is 23.9. The Hall–Kier alpha value is -2.02. The summed E-state index contributed by atoms with van der Waals surface area (Å²) in [5.74, 6) is -1.76. The number of quaternary nitrogens is 1. The number of H-pyrrole nitrogens is 1. The molecule has 13 heavy (non-hydrogen) atoms. The van der Waals surface area contributed by atoms with Crippen LogP contribution in [-0.2, 0) is 0 Å². The van der Waals surface area contributed by atoms with Crippen LogP contribution in [0, 0.1) is 0 Å². The van der Waals surface area contributed by atoms with E-state index in [4.69, 9.17) is 0 Å². The Kier molecular flexibility index (Phi) is 2.20. The van der Waals surface area contributed by atoms with Crippen molar-refractivity contribution in [2.45, 2.75) is 0 Å². The molecule has 0 spiro atoms. The Bertz CT molecular complexity index is 437. The number of hydrogen-bond acceptors (Lipinski definition) is 5. The van der Waals surface area contributed by atoms with E-state index < -0.39 is 5.97 Å². The highest BCUT2D eigenvalue weighted by Crippen LogP contribution is 2.02. The molecule has 0 aliphatic heterocycles. The zero-order valence-corrected chi connectivity index (χ0v) is 6.81. The van der Waals surface area contributed by atoms with E-state index in [0.717, 1.165) is 0 Å². The van der Waals surface area contributed by atoms with E-state index in [0.29, 0.717) is 11.2 Å². The van der Waals surface area contributed by atoms with Gasteiger partial charge in [0.15, 0.2) is 11.5 Å². The van der Waals surface area contributed by atoms with Crippen molar-refractivity contribution in [1.29, 1.82) is 0 Å². The van der Waals surface area contributed by atoms with E-state index in [-0.39, 0.29) is 12.0 Å². The smallest absolute Gasteiger partial charge is 0.181 e. The fourth-order valence-electron chi connectivity index (χ4n) is 0.834. The number of carbonyl (C=O) groups is 1. The third kappa shape index (κ3) is 1.44. The number of carboxylic acids is 1. The number of imidazole rings is 1. The second kappa shape index (κ2) is 3.15. The molecule has 0 amide bonds. The van der Waals surface area contributed by atoms with Crippen molar-refractivity contribution in [3.05, 3.63) is 18.3 Å². The van der Waals surface area contributed by atoms with E-state index in [1.807, 2.05) is 0 Å².